The standard InChI is InChI=1S/C43H25N3S/c44-26-27-17-22-32-34-23-24-38-41(42(34)46(39(32)25-27)29-9-2-1-3-10-29)36-12-4-6-15-37(36)45(38)30-20-18-28(19-21-30)31-13-8-14-35-33-11-5-7-16-40(33)47-43(31)35/h1-25H. The third-order valence-electron chi connectivity index (χ3n) is 9.55. The molecule has 3 heterocycles. The Labute approximate surface area is 274 Å². The summed E-state index contributed by atoms with van der Waals surface area (Å²) in [6.07, 6.45) is 0. The average Bonchev–Trinajstić information content (AvgIpc) is 3.79. The highest BCUT2D eigenvalue weighted by Gasteiger charge is 2.21. The number of thiophene rings is 1. The molecule has 0 saturated carbocycles. The number of nitrogens with zero attached hydrogens (tertiary/aromatic N) is 3. The lowest BCUT2D eigenvalue weighted by Crippen LogP contribution is -1.95. The van der Waals surface area contributed by atoms with Crippen molar-refractivity contribution in [3.63, 3.8) is 0 Å². The SMILES string of the molecule is N#Cc1ccc2c3ccc4c(c5ccccc5n4-c4ccc(-c5cccc6c5sc5ccccc56)cc4)c3n(-c3ccccc3)c2c1. The topological polar surface area (TPSA) is 33.6 Å². The fourth-order valence-electron chi connectivity index (χ4n) is 7.51. The highest BCUT2D eigenvalue weighted by molar-refractivity contribution is 7.26. The van der Waals surface area contributed by atoms with Gasteiger partial charge in [0.25, 0.3) is 0 Å². The maximum atomic E-state index is 9.79. The molecule has 3 aromatic heterocycles. The molecule has 10 rings (SSSR count). The molecule has 0 aliphatic rings. The van der Waals surface area contributed by atoms with E-state index in [1.807, 2.05) is 29.5 Å². The van der Waals surface area contributed by atoms with Crippen molar-refractivity contribution < 1.29 is 0 Å². The number of nitriles is 1. The van der Waals surface area contributed by atoms with Gasteiger partial charge in [0.05, 0.1) is 33.7 Å². The van der Waals surface area contributed by atoms with Gasteiger partial charge in [-0.25, -0.2) is 0 Å². The Bertz CT molecular complexity index is 2900. The summed E-state index contributed by atoms with van der Waals surface area (Å²) < 4.78 is 7.37. The number of fused-ring (bicyclic) bond motifs is 10. The zero-order valence-corrected chi connectivity index (χ0v) is 26.0. The number of aromatic nitrogens is 2. The van der Waals surface area contributed by atoms with Crippen molar-refractivity contribution in [2.75, 3.05) is 0 Å². The van der Waals surface area contributed by atoms with Crippen LogP contribution in [0.15, 0.2) is 152 Å². The molecule has 0 bridgehead atoms. The van der Waals surface area contributed by atoms with Gasteiger partial charge in [0.1, 0.15) is 0 Å². The summed E-state index contributed by atoms with van der Waals surface area (Å²) >= 11 is 1.87. The van der Waals surface area contributed by atoms with Crippen LogP contribution in [0.4, 0.5) is 0 Å². The average molecular weight is 616 g/mol. The molecule has 0 fully saturated rings. The predicted molar refractivity (Wildman–Crippen MR) is 198 cm³/mol. The Morgan fingerprint density at radius 1 is 0.489 bits per heavy atom. The van der Waals surface area contributed by atoms with E-state index in [4.69, 9.17) is 0 Å². The normalized spacial score (nSPS) is 11.8. The van der Waals surface area contributed by atoms with Gasteiger partial charge in [-0.1, -0.05) is 97.1 Å². The number of benzene rings is 7. The first kappa shape index (κ1) is 26.1. The molecule has 0 aliphatic heterocycles. The number of rotatable bonds is 3. The first-order valence-electron chi connectivity index (χ1n) is 15.8. The molecule has 3 nitrogen and oxygen atoms in total. The molecule has 0 saturated heterocycles. The minimum atomic E-state index is 0.655. The lowest BCUT2D eigenvalue weighted by molar-refractivity contribution is 1.17. The third-order valence-corrected chi connectivity index (χ3v) is 10.8. The summed E-state index contributed by atoms with van der Waals surface area (Å²) in [7, 11) is 0. The van der Waals surface area contributed by atoms with Gasteiger partial charge in [0.2, 0.25) is 0 Å². The van der Waals surface area contributed by atoms with E-state index < -0.39 is 0 Å². The van der Waals surface area contributed by atoms with E-state index >= 15 is 0 Å². The van der Waals surface area contributed by atoms with Crippen molar-refractivity contribution >= 4 is 75.1 Å². The Kier molecular flexibility index (Phi) is 5.51. The van der Waals surface area contributed by atoms with Crippen LogP contribution >= 0.6 is 11.3 Å². The fourth-order valence-corrected chi connectivity index (χ4v) is 8.75. The van der Waals surface area contributed by atoms with Gasteiger partial charge in [-0.15, -0.1) is 11.3 Å². The van der Waals surface area contributed by atoms with Crippen LogP contribution in [-0.2, 0) is 0 Å². The van der Waals surface area contributed by atoms with Crippen molar-refractivity contribution in [2.45, 2.75) is 0 Å². The molecular formula is C43H25N3S. The smallest absolute Gasteiger partial charge is 0.0992 e. The van der Waals surface area contributed by atoms with Crippen LogP contribution in [0, 0.1) is 11.3 Å². The molecule has 0 radical (unpaired) electrons. The number of hydrogen-bond donors (Lipinski definition) is 0. The van der Waals surface area contributed by atoms with E-state index in [9.17, 15) is 5.26 Å². The Morgan fingerprint density at radius 2 is 1.21 bits per heavy atom. The first-order valence-corrected chi connectivity index (χ1v) is 16.6. The van der Waals surface area contributed by atoms with Crippen LogP contribution in [0.2, 0.25) is 0 Å². The molecule has 0 spiro atoms. The van der Waals surface area contributed by atoms with Gasteiger partial charge in [0.15, 0.2) is 0 Å². The molecule has 0 N–H and O–H groups in total. The predicted octanol–water partition coefficient (Wildman–Crippen LogP) is 11.8. The Hall–Kier alpha value is -6.15. The van der Waals surface area contributed by atoms with Gasteiger partial charge < -0.3 is 9.13 Å². The molecule has 218 valence electrons. The van der Waals surface area contributed by atoms with E-state index in [0.717, 1.165) is 38.8 Å². The van der Waals surface area contributed by atoms with Crippen LogP contribution in [0.1, 0.15) is 5.56 Å². The largest absolute Gasteiger partial charge is 0.309 e. The molecule has 7 aromatic carbocycles. The molecule has 0 unspecified atom stereocenters. The van der Waals surface area contributed by atoms with Gasteiger partial charge in [0, 0.05) is 53.1 Å². The highest BCUT2D eigenvalue weighted by Crippen LogP contribution is 2.43. The summed E-state index contributed by atoms with van der Waals surface area (Å²) in [6, 6.07) is 56.4. The highest BCUT2D eigenvalue weighted by atomic mass is 32.1. The molecule has 0 atom stereocenters. The van der Waals surface area contributed by atoms with E-state index in [2.05, 4.69) is 149 Å². The van der Waals surface area contributed by atoms with Crippen molar-refractivity contribution in [3.05, 3.63) is 157 Å². The Morgan fingerprint density at radius 3 is 2.06 bits per heavy atom. The summed E-state index contributed by atoms with van der Waals surface area (Å²) in [5, 5.41) is 17.1. The van der Waals surface area contributed by atoms with Crippen molar-refractivity contribution in [2.24, 2.45) is 0 Å². The van der Waals surface area contributed by atoms with Crippen molar-refractivity contribution in [3.8, 4) is 28.6 Å². The van der Waals surface area contributed by atoms with Crippen LogP contribution in [0.5, 0.6) is 0 Å². The minimum Gasteiger partial charge on any atom is -0.309 e. The minimum absolute atomic E-state index is 0.655. The number of hydrogen-bond acceptors (Lipinski definition) is 2. The van der Waals surface area contributed by atoms with Gasteiger partial charge in [-0.2, -0.15) is 5.26 Å². The summed E-state index contributed by atoms with van der Waals surface area (Å²) in [5.74, 6) is 0. The van der Waals surface area contributed by atoms with Gasteiger partial charge in [-0.3, -0.25) is 0 Å². The van der Waals surface area contributed by atoms with E-state index in [1.54, 1.807) is 0 Å². The van der Waals surface area contributed by atoms with Crippen molar-refractivity contribution in [1.29, 1.82) is 5.26 Å². The molecule has 10 aromatic rings. The summed E-state index contributed by atoms with van der Waals surface area (Å²) in [6.45, 7) is 0. The zero-order chi connectivity index (χ0) is 31.1. The van der Waals surface area contributed by atoms with Crippen molar-refractivity contribution in [1.82, 2.24) is 9.13 Å². The van der Waals surface area contributed by atoms with Crippen LogP contribution < -0.4 is 0 Å². The molecule has 4 heteroatoms. The summed E-state index contributed by atoms with van der Waals surface area (Å²) in [4.78, 5) is 0. The second-order valence-corrected chi connectivity index (χ2v) is 13.1. The van der Waals surface area contributed by atoms with E-state index in [0.29, 0.717) is 5.56 Å². The van der Waals surface area contributed by atoms with Crippen LogP contribution in [0.3, 0.4) is 0 Å². The van der Waals surface area contributed by atoms with E-state index in [1.165, 1.54) is 47.5 Å². The van der Waals surface area contributed by atoms with Crippen LogP contribution in [0.25, 0.3) is 86.3 Å². The van der Waals surface area contributed by atoms with Crippen LogP contribution in [-0.4, -0.2) is 9.13 Å². The molecule has 0 aliphatic carbocycles. The maximum absolute atomic E-state index is 9.79. The monoisotopic (exact) mass is 615 g/mol. The number of para-hydroxylation sites is 2. The quantitative estimate of drug-likeness (QED) is 0.195. The Balaban J connectivity index is 1.24. The zero-order valence-electron chi connectivity index (χ0n) is 25.2. The van der Waals surface area contributed by atoms with E-state index in [-0.39, 0.29) is 0 Å². The van der Waals surface area contributed by atoms with Gasteiger partial charge >= 0.3 is 0 Å². The second-order valence-electron chi connectivity index (χ2n) is 12.1. The van der Waals surface area contributed by atoms with Gasteiger partial charge in [-0.05, 0) is 65.7 Å². The third kappa shape index (κ3) is 3.72. The molecular weight excluding hydrogens is 591 g/mol. The second kappa shape index (κ2) is 9.92. The lowest BCUT2D eigenvalue weighted by atomic mass is 10.0. The first-order chi connectivity index (χ1) is 23.3. The lowest BCUT2D eigenvalue weighted by Gasteiger charge is -2.11. The fraction of sp³-hybridized carbons (Fsp3) is 0. The maximum Gasteiger partial charge on any atom is 0.0992 e. The molecule has 47 heavy (non-hydrogen) atoms. The molecule has 0 amide bonds. The summed E-state index contributed by atoms with van der Waals surface area (Å²) in [5.41, 5.74) is 9.84.